The first kappa shape index (κ1) is 12.6. The van der Waals surface area contributed by atoms with Crippen LogP contribution in [-0.4, -0.2) is 24.0 Å². The summed E-state index contributed by atoms with van der Waals surface area (Å²) in [5.74, 6) is 6.32. The van der Waals surface area contributed by atoms with Crippen LogP contribution in [0.25, 0.3) is 0 Å². The van der Waals surface area contributed by atoms with Gasteiger partial charge in [-0.1, -0.05) is 0 Å². The fourth-order valence-corrected chi connectivity index (χ4v) is 6.84. The molecule has 0 aromatic heterocycles. The van der Waals surface area contributed by atoms with Gasteiger partial charge in [-0.2, -0.15) is 11.8 Å². The van der Waals surface area contributed by atoms with E-state index in [9.17, 15) is 4.79 Å². The first-order valence-electron chi connectivity index (χ1n) is 8.09. The highest BCUT2D eigenvalue weighted by Gasteiger charge is 2.54. The molecule has 0 spiro atoms. The minimum atomic E-state index is 0.0560. The molecule has 4 aliphatic carbocycles. The summed E-state index contributed by atoms with van der Waals surface area (Å²) in [6.45, 7) is 0.938. The van der Waals surface area contributed by atoms with E-state index < -0.39 is 0 Å². The number of carbonyl (C=O) groups excluding carboxylic acids is 1. The summed E-state index contributed by atoms with van der Waals surface area (Å²) < 4.78 is 0. The molecule has 0 unspecified atom stereocenters. The van der Waals surface area contributed by atoms with Gasteiger partial charge in [-0.3, -0.25) is 4.79 Å². The molecule has 1 heterocycles. The molecule has 5 fully saturated rings. The van der Waals surface area contributed by atoms with E-state index in [1.165, 1.54) is 56.5 Å². The number of rotatable bonds is 3. The van der Waals surface area contributed by atoms with Crippen LogP contribution in [0, 0.1) is 29.1 Å². The quantitative estimate of drug-likeness (QED) is 0.860. The summed E-state index contributed by atoms with van der Waals surface area (Å²) in [5, 5.41) is 3.33. The molecule has 1 saturated heterocycles. The summed E-state index contributed by atoms with van der Waals surface area (Å²) >= 11 is 2.04. The molecule has 1 amide bonds. The fraction of sp³-hybridized carbons (Fsp3) is 0.938. The Morgan fingerprint density at radius 3 is 2.26 bits per heavy atom. The molecule has 0 aromatic carbocycles. The van der Waals surface area contributed by atoms with E-state index in [0.717, 1.165) is 30.2 Å². The molecular weight excluding hydrogens is 254 g/mol. The normalized spacial score (nSPS) is 47.6. The first-order valence-corrected chi connectivity index (χ1v) is 9.25. The van der Waals surface area contributed by atoms with E-state index in [-0.39, 0.29) is 5.41 Å². The van der Waals surface area contributed by atoms with E-state index in [1.54, 1.807) is 0 Å². The van der Waals surface area contributed by atoms with Crippen LogP contribution in [0.15, 0.2) is 0 Å². The van der Waals surface area contributed by atoms with Crippen LogP contribution in [0.1, 0.15) is 44.9 Å². The first-order chi connectivity index (χ1) is 9.23. The van der Waals surface area contributed by atoms with E-state index in [0.29, 0.717) is 5.91 Å². The average molecular weight is 279 g/mol. The van der Waals surface area contributed by atoms with Gasteiger partial charge in [0.1, 0.15) is 0 Å². The van der Waals surface area contributed by atoms with Gasteiger partial charge in [0.25, 0.3) is 0 Å². The monoisotopic (exact) mass is 279 g/mol. The maximum Gasteiger partial charge on any atom is 0.226 e. The maximum absolute atomic E-state index is 12.7. The van der Waals surface area contributed by atoms with Gasteiger partial charge in [0.15, 0.2) is 0 Å². The van der Waals surface area contributed by atoms with Crippen LogP contribution < -0.4 is 5.32 Å². The van der Waals surface area contributed by atoms with Crippen molar-refractivity contribution < 1.29 is 4.79 Å². The lowest BCUT2D eigenvalue weighted by Crippen LogP contribution is -2.54. The Morgan fingerprint density at radius 2 is 1.74 bits per heavy atom. The second kappa shape index (κ2) is 4.68. The Bertz CT molecular complexity index is 340. The van der Waals surface area contributed by atoms with Crippen LogP contribution in [0.3, 0.4) is 0 Å². The van der Waals surface area contributed by atoms with Gasteiger partial charge in [-0.25, -0.2) is 0 Å². The molecule has 0 aromatic rings. The van der Waals surface area contributed by atoms with E-state index >= 15 is 0 Å². The molecule has 5 rings (SSSR count). The third-order valence-electron chi connectivity index (χ3n) is 6.10. The second-order valence-corrected chi connectivity index (χ2v) is 8.79. The molecule has 1 aliphatic heterocycles. The van der Waals surface area contributed by atoms with Crippen molar-refractivity contribution in [3.63, 3.8) is 0 Å². The van der Waals surface area contributed by atoms with E-state index in [2.05, 4.69) is 5.32 Å². The van der Waals surface area contributed by atoms with Crippen molar-refractivity contribution in [1.29, 1.82) is 0 Å². The van der Waals surface area contributed by atoms with Gasteiger partial charge in [-0.05, 0) is 80.1 Å². The largest absolute Gasteiger partial charge is 0.355 e. The number of thioether (sulfide) groups is 1. The predicted octanol–water partition coefficient (Wildman–Crippen LogP) is 3.07. The molecular formula is C16H25NOS. The zero-order chi connectivity index (χ0) is 12.9. The van der Waals surface area contributed by atoms with Gasteiger partial charge in [-0.15, -0.1) is 0 Å². The van der Waals surface area contributed by atoms with Gasteiger partial charge >= 0.3 is 0 Å². The molecule has 0 radical (unpaired) electrons. The lowest BCUT2D eigenvalue weighted by molar-refractivity contribution is -0.146. The van der Waals surface area contributed by atoms with Crippen molar-refractivity contribution >= 4 is 17.7 Å². The van der Waals surface area contributed by atoms with Crippen molar-refractivity contribution in [2.24, 2.45) is 29.1 Å². The Hall–Kier alpha value is -0.180. The highest BCUT2D eigenvalue weighted by atomic mass is 32.2. The fourth-order valence-electron chi connectivity index (χ4n) is 5.56. The van der Waals surface area contributed by atoms with Crippen molar-refractivity contribution in [3.05, 3.63) is 0 Å². The highest BCUT2D eigenvalue weighted by molar-refractivity contribution is 7.99. The van der Waals surface area contributed by atoms with E-state index in [1.807, 2.05) is 11.8 Å². The molecule has 1 N–H and O–H groups in total. The molecule has 5 aliphatic rings. The van der Waals surface area contributed by atoms with Crippen molar-refractivity contribution in [3.8, 4) is 0 Å². The number of amides is 1. The standard InChI is InChI=1S/C16H25NOS/c18-15(17-9-11-1-2-19-10-11)16-6-12-3-13(7-16)5-14(4-12)8-16/h11-14H,1-10H2,(H,17,18)/t11-,12?,13?,14?,16?/m0/s1. The molecule has 3 heteroatoms. The SMILES string of the molecule is O=C(NC[C@@H]1CCSC1)C12CC3CC(CC(C3)C1)C2. The minimum Gasteiger partial charge on any atom is -0.355 e. The summed E-state index contributed by atoms with van der Waals surface area (Å²) in [5.41, 5.74) is 0.0560. The zero-order valence-electron chi connectivity index (χ0n) is 11.7. The molecule has 19 heavy (non-hydrogen) atoms. The summed E-state index contributed by atoms with van der Waals surface area (Å²) in [6, 6.07) is 0. The smallest absolute Gasteiger partial charge is 0.226 e. The van der Waals surface area contributed by atoms with Crippen LogP contribution in [0.2, 0.25) is 0 Å². The van der Waals surface area contributed by atoms with Gasteiger partial charge < -0.3 is 5.32 Å². The van der Waals surface area contributed by atoms with Crippen molar-refractivity contribution in [2.45, 2.75) is 44.9 Å². The summed E-state index contributed by atoms with van der Waals surface area (Å²) in [6.07, 6.45) is 9.16. The van der Waals surface area contributed by atoms with Crippen LogP contribution in [0.5, 0.6) is 0 Å². The lowest BCUT2D eigenvalue weighted by atomic mass is 9.49. The minimum absolute atomic E-state index is 0.0560. The molecule has 1 atom stereocenters. The predicted molar refractivity (Wildman–Crippen MR) is 79.0 cm³/mol. The molecule has 106 valence electrons. The molecule has 4 bridgehead atoms. The number of carbonyl (C=O) groups is 1. The third-order valence-corrected chi connectivity index (χ3v) is 7.33. The lowest BCUT2D eigenvalue weighted by Gasteiger charge is -2.55. The van der Waals surface area contributed by atoms with Crippen molar-refractivity contribution in [2.75, 3.05) is 18.1 Å². The zero-order valence-corrected chi connectivity index (χ0v) is 12.5. The topological polar surface area (TPSA) is 29.1 Å². The second-order valence-electron chi connectivity index (χ2n) is 7.64. The third kappa shape index (κ3) is 2.22. The Kier molecular flexibility index (Phi) is 3.09. The Labute approximate surface area is 120 Å². The Morgan fingerprint density at radius 1 is 1.11 bits per heavy atom. The van der Waals surface area contributed by atoms with Crippen LogP contribution in [-0.2, 0) is 4.79 Å². The number of nitrogens with one attached hydrogen (secondary N) is 1. The van der Waals surface area contributed by atoms with Crippen molar-refractivity contribution in [1.82, 2.24) is 5.32 Å². The highest BCUT2D eigenvalue weighted by Crippen LogP contribution is 2.60. The van der Waals surface area contributed by atoms with Gasteiger partial charge in [0.2, 0.25) is 5.91 Å². The van der Waals surface area contributed by atoms with Gasteiger partial charge in [0.05, 0.1) is 0 Å². The van der Waals surface area contributed by atoms with E-state index in [4.69, 9.17) is 0 Å². The summed E-state index contributed by atoms with van der Waals surface area (Å²) in [7, 11) is 0. The Balaban J connectivity index is 1.41. The summed E-state index contributed by atoms with van der Waals surface area (Å²) in [4.78, 5) is 12.7. The molecule has 2 nitrogen and oxygen atoms in total. The number of hydrogen-bond acceptors (Lipinski definition) is 2. The van der Waals surface area contributed by atoms with Gasteiger partial charge in [0, 0.05) is 12.0 Å². The molecule has 4 saturated carbocycles. The maximum atomic E-state index is 12.7. The van der Waals surface area contributed by atoms with Crippen LogP contribution in [0.4, 0.5) is 0 Å². The van der Waals surface area contributed by atoms with Crippen LogP contribution >= 0.6 is 11.8 Å². The average Bonchev–Trinajstić information content (AvgIpc) is 2.87. The number of hydrogen-bond donors (Lipinski definition) is 1.